The highest BCUT2D eigenvalue weighted by molar-refractivity contribution is 6.03. The molecule has 1 aliphatic heterocycles. The first-order valence-electron chi connectivity index (χ1n) is 6.59. The molecule has 2 amide bonds. The maximum Gasteiger partial charge on any atom is 0.229 e. The predicted octanol–water partition coefficient (Wildman–Crippen LogP) is 1.68. The van der Waals surface area contributed by atoms with Crippen molar-refractivity contribution in [1.29, 1.82) is 0 Å². The Hall–Kier alpha value is -2.77. The summed E-state index contributed by atoms with van der Waals surface area (Å²) < 4.78 is 26.7. The van der Waals surface area contributed by atoms with E-state index in [1.54, 1.807) is 0 Å². The Morgan fingerprint density at radius 3 is 2.91 bits per heavy atom. The minimum atomic E-state index is -0.829. The van der Waals surface area contributed by atoms with Gasteiger partial charge in [0, 0.05) is 25.2 Å². The summed E-state index contributed by atoms with van der Waals surface area (Å²) in [7, 11) is 0. The van der Waals surface area contributed by atoms with Gasteiger partial charge in [-0.15, -0.1) is 0 Å². The zero-order valence-electron chi connectivity index (χ0n) is 11.3. The summed E-state index contributed by atoms with van der Waals surface area (Å²) >= 11 is 0. The molecule has 3 rings (SSSR count). The standard InChI is InChI=1S/C14H12F2N4O2/c15-9-1-2-12(11(16)4-9)20-7-8(3-13(20)21)14(22)19-10-5-17-18-6-10/h1-2,4-6,8H,3,7H2,(H,17,18)(H,19,22). The van der Waals surface area contributed by atoms with E-state index < -0.39 is 17.6 Å². The van der Waals surface area contributed by atoms with Crippen molar-refractivity contribution in [3.05, 3.63) is 42.2 Å². The van der Waals surface area contributed by atoms with Crippen LogP contribution in [0, 0.1) is 17.6 Å². The van der Waals surface area contributed by atoms with Crippen LogP contribution >= 0.6 is 0 Å². The second kappa shape index (κ2) is 5.55. The third kappa shape index (κ3) is 2.67. The first-order valence-corrected chi connectivity index (χ1v) is 6.59. The minimum absolute atomic E-state index is 0.0231. The van der Waals surface area contributed by atoms with Crippen LogP contribution in [-0.2, 0) is 9.59 Å². The Morgan fingerprint density at radius 2 is 2.23 bits per heavy atom. The molecule has 8 heteroatoms. The fourth-order valence-corrected chi connectivity index (χ4v) is 2.38. The highest BCUT2D eigenvalue weighted by Crippen LogP contribution is 2.28. The average Bonchev–Trinajstić information content (AvgIpc) is 3.09. The molecule has 0 saturated carbocycles. The summed E-state index contributed by atoms with van der Waals surface area (Å²) in [5, 5.41) is 8.87. The van der Waals surface area contributed by atoms with Gasteiger partial charge in [-0.1, -0.05) is 0 Å². The molecule has 6 nitrogen and oxygen atoms in total. The van der Waals surface area contributed by atoms with Gasteiger partial charge in [0.1, 0.15) is 11.6 Å². The number of carbonyl (C=O) groups excluding carboxylic acids is 2. The van der Waals surface area contributed by atoms with Crippen LogP contribution in [0.15, 0.2) is 30.6 Å². The summed E-state index contributed by atoms with van der Waals surface area (Å²) in [6.45, 7) is 0.0467. The van der Waals surface area contributed by atoms with Gasteiger partial charge in [0.05, 0.1) is 23.5 Å². The topological polar surface area (TPSA) is 78.1 Å². The number of carbonyl (C=O) groups is 2. The van der Waals surface area contributed by atoms with Gasteiger partial charge in [-0.25, -0.2) is 8.78 Å². The molecule has 1 atom stereocenters. The zero-order valence-corrected chi connectivity index (χ0v) is 11.3. The van der Waals surface area contributed by atoms with Crippen molar-refractivity contribution < 1.29 is 18.4 Å². The van der Waals surface area contributed by atoms with Crippen LogP contribution in [0.2, 0.25) is 0 Å². The summed E-state index contributed by atoms with van der Waals surface area (Å²) in [5.41, 5.74) is 0.467. The van der Waals surface area contributed by atoms with E-state index in [0.29, 0.717) is 11.8 Å². The molecule has 2 N–H and O–H groups in total. The van der Waals surface area contributed by atoms with Crippen LogP contribution in [0.4, 0.5) is 20.2 Å². The van der Waals surface area contributed by atoms with Crippen LogP contribution in [0.3, 0.4) is 0 Å². The normalized spacial score (nSPS) is 17.8. The Kier molecular flexibility index (Phi) is 3.58. The largest absolute Gasteiger partial charge is 0.323 e. The quantitative estimate of drug-likeness (QED) is 0.905. The van der Waals surface area contributed by atoms with Crippen LogP contribution in [0.5, 0.6) is 0 Å². The number of hydrogen-bond acceptors (Lipinski definition) is 3. The molecule has 1 unspecified atom stereocenters. The number of aromatic nitrogens is 2. The van der Waals surface area contributed by atoms with Crippen molar-refractivity contribution in [1.82, 2.24) is 10.2 Å². The molecular weight excluding hydrogens is 294 g/mol. The number of nitrogens with zero attached hydrogens (tertiary/aromatic N) is 2. The second-order valence-electron chi connectivity index (χ2n) is 4.98. The fourth-order valence-electron chi connectivity index (χ4n) is 2.38. The lowest BCUT2D eigenvalue weighted by Gasteiger charge is -2.17. The average molecular weight is 306 g/mol. The molecule has 114 valence electrons. The number of anilines is 2. The van der Waals surface area contributed by atoms with Gasteiger partial charge < -0.3 is 10.2 Å². The molecule has 2 aromatic rings. The lowest BCUT2D eigenvalue weighted by molar-refractivity contribution is -0.122. The van der Waals surface area contributed by atoms with Crippen LogP contribution in [0.1, 0.15) is 6.42 Å². The first-order chi connectivity index (χ1) is 10.5. The lowest BCUT2D eigenvalue weighted by atomic mass is 10.1. The SMILES string of the molecule is O=C(Nc1cn[nH]c1)C1CC(=O)N(c2ccc(F)cc2F)C1. The van der Waals surface area contributed by atoms with E-state index in [4.69, 9.17) is 0 Å². The lowest BCUT2D eigenvalue weighted by Crippen LogP contribution is -2.28. The number of rotatable bonds is 3. The van der Waals surface area contributed by atoms with Crippen molar-refractivity contribution in [2.45, 2.75) is 6.42 Å². The highest BCUT2D eigenvalue weighted by atomic mass is 19.1. The van der Waals surface area contributed by atoms with Crippen LogP contribution in [0.25, 0.3) is 0 Å². The van der Waals surface area contributed by atoms with Gasteiger partial charge in [0.15, 0.2) is 0 Å². The fraction of sp³-hybridized carbons (Fsp3) is 0.214. The van der Waals surface area contributed by atoms with Crippen LogP contribution < -0.4 is 10.2 Å². The monoisotopic (exact) mass is 306 g/mol. The number of aromatic amines is 1. The molecule has 1 aliphatic rings. The third-order valence-electron chi connectivity index (χ3n) is 3.46. The van der Waals surface area contributed by atoms with Gasteiger partial charge in [0.2, 0.25) is 11.8 Å². The molecule has 0 bridgehead atoms. The maximum atomic E-state index is 13.8. The molecule has 0 spiro atoms. The molecule has 22 heavy (non-hydrogen) atoms. The van der Waals surface area contributed by atoms with Crippen molar-refractivity contribution in [3.8, 4) is 0 Å². The van der Waals surface area contributed by atoms with Crippen molar-refractivity contribution in [2.75, 3.05) is 16.8 Å². The van der Waals surface area contributed by atoms with E-state index in [1.807, 2.05) is 0 Å². The Morgan fingerprint density at radius 1 is 1.41 bits per heavy atom. The summed E-state index contributed by atoms with van der Waals surface area (Å²) in [5.74, 6) is -2.88. The molecule has 0 radical (unpaired) electrons. The third-order valence-corrected chi connectivity index (χ3v) is 3.46. The van der Waals surface area contributed by atoms with Crippen molar-refractivity contribution in [3.63, 3.8) is 0 Å². The van der Waals surface area contributed by atoms with Gasteiger partial charge >= 0.3 is 0 Å². The van der Waals surface area contributed by atoms with E-state index in [2.05, 4.69) is 15.5 Å². The van der Waals surface area contributed by atoms with Crippen LogP contribution in [-0.4, -0.2) is 28.6 Å². The maximum absolute atomic E-state index is 13.8. The van der Waals surface area contributed by atoms with E-state index >= 15 is 0 Å². The number of amides is 2. The smallest absolute Gasteiger partial charge is 0.229 e. The van der Waals surface area contributed by atoms with Gasteiger partial charge in [0.25, 0.3) is 0 Å². The number of halogens is 2. The van der Waals surface area contributed by atoms with Crippen molar-refractivity contribution >= 4 is 23.2 Å². The summed E-state index contributed by atoms with van der Waals surface area (Å²) in [6, 6.07) is 2.98. The van der Waals surface area contributed by atoms with E-state index in [1.165, 1.54) is 18.5 Å². The van der Waals surface area contributed by atoms with Gasteiger partial charge in [-0.2, -0.15) is 5.10 Å². The Balaban J connectivity index is 1.74. The second-order valence-corrected chi connectivity index (χ2v) is 4.98. The molecule has 1 saturated heterocycles. The number of benzene rings is 1. The Labute approximate surface area is 124 Å². The molecule has 0 aliphatic carbocycles. The molecule has 1 fully saturated rings. The highest BCUT2D eigenvalue weighted by Gasteiger charge is 2.36. The Bertz CT molecular complexity index is 718. The molecule has 1 aromatic heterocycles. The number of hydrogen-bond donors (Lipinski definition) is 2. The molecule has 2 heterocycles. The number of H-pyrrole nitrogens is 1. The molecular formula is C14H12F2N4O2. The van der Waals surface area contributed by atoms with E-state index in [9.17, 15) is 18.4 Å². The van der Waals surface area contributed by atoms with Crippen molar-refractivity contribution in [2.24, 2.45) is 5.92 Å². The minimum Gasteiger partial charge on any atom is -0.323 e. The predicted molar refractivity (Wildman–Crippen MR) is 74.0 cm³/mol. The van der Waals surface area contributed by atoms with Gasteiger partial charge in [-0.05, 0) is 12.1 Å². The molecule has 1 aromatic carbocycles. The van der Waals surface area contributed by atoms with E-state index in [-0.39, 0.29) is 30.5 Å². The van der Waals surface area contributed by atoms with Gasteiger partial charge in [-0.3, -0.25) is 14.7 Å². The summed E-state index contributed by atoms with van der Waals surface area (Å²) in [6.07, 6.45) is 2.92. The van der Waals surface area contributed by atoms with E-state index in [0.717, 1.165) is 11.0 Å². The zero-order chi connectivity index (χ0) is 15.7. The first kappa shape index (κ1) is 14.2. The summed E-state index contributed by atoms with van der Waals surface area (Å²) in [4.78, 5) is 25.2. The number of nitrogens with one attached hydrogen (secondary N) is 2.